The van der Waals surface area contributed by atoms with Crippen molar-refractivity contribution in [2.24, 2.45) is 50.7 Å². The fraction of sp³-hybridized carbons (Fsp3) is 0.933. The predicted octanol–water partition coefficient (Wildman–Crippen LogP) is 8.17. The maximum atomic E-state index is 10.8. The minimum Gasteiger partial charge on any atom is -0.393 e. The summed E-state index contributed by atoms with van der Waals surface area (Å²) in [5.41, 5.74) is 3.87. The van der Waals surface area contributed by atoms with E-state index < -0.39 is 0 Å². The van der Waals surface area contributed by atoms with Gasteiger partial charge < -0.3 is 5.11 Å². The molecule has 0 radical (unpaired) electrons. The van der Waals surface area contributed by atoms with Gasteiger partial charge in [0, 0.05) is 0 Å². The standard InChI is InChI=1S/C30H50O/c1-20(2)9-8-10-21(3)22-13-15-28(7)24-12-11-23-26(4,5)25(31)14-16-29(23)19-30(24,29)18-17-27(22,28)6/h9,21-25,31H,8,10-19H2,1-7H3/t21-,22+,23-,24-,25-,27-,28+,29+,30-/m0/s1. The zero-order valence-electron chi connectivity index (χ0n) is 21.7. The third-order valence-electron chi connectivity index (χ3n) is 13.0. The molecule has 9 atom stereocenters. The second kappa shape index (κ2) is 6.86. The topological polar surface area (TPSA) is 20.2 Å². The molecule has 31 heavy (non-hydrogen) atoms. The Labute approximate surface area is 192 Å². The molecule has 5 rings (SSSR count). The fourth-order valence-electron chi connectivity index (χ4n) is 11.1. The van der Waals surface area contributed by atoms with Crippen LogP contribution in [0.15, 0.2) is 11.6 Å². The SMILES string of the molecule is CC(C)=CCC[C@H](C)[C@H]1CC[C@]2(C)[C@@H]3CC[C@H]4C(C)(C)[C@@H](O)CC[C@@]45C[C@@]35CC[C@@]12C. The Morgan fingerprint density at radius 3 is 2.26 bits per heavy atom. The van der Waals surface area contributed by atoms with Gasteiger partial charge in [-0.25, -0.2) is 0 Å². The Hall–Kier alpha value is -0.300. The molecule has 0 aromatic heterocycles. The van der Waals surface area contributed by atoms with Crippen LogP contribution in [0.25, 0.3) is 0 Å². The molecular weight excluding hydrogens is 376 g/mol. The van der Waals surface area contributed by atoms with Gasteiger partial charge in [-0.3, -0.25) is 0 Å². The monoisotopic (exact) mass is 426 g/mol. The number of hydrogen-bond acceptors (Lipinski definition) is 1. The first-order chi connectivity index (χ1) is 14.4. The molecule has 0 heterocycles. The van der Waals surface area contributed by atoms with E-state index in [9.17, 15) is 5.11 Å². The molecule has 5 aliphatic rings. The molecule has 5 aliphatic carbocycles. The lowest BCUT2D eigenvalue weighted by atomic mass is 9.41. The molecule has 1 N–H and O–H groups in total. The minimum absolute atomic E-state index is 0.0840. The summed E-state index contributed by atoms with van der Waals surface area (Å²) < 4.78 is 0. The van der Waals surface area contributed by atoms with E-state index in [2.05, 4.69) is 54.5 Å². The number of aliphatic hydroxyl groups excluding tert-OH is 1. The quantitative estimate of drug-likeness (QED) is 0.449. The van der Waals surface area contributed by atoms with Gasteiger partial charge in [-0.1, -0.05) is 46.3 Å². The molecule has 0 aromatic carbocycles. The summed E-state index contributed by atoms with van der Waals surface area (Å²) in [6.45, 7) is 17.3. The van der Waals surface area contributed by atoms with Crippen LogP contribution in [0.2, 0.25) is 0 Å². The smallest absolute Gasteiger partial charge is 0.0594 e. The molecule has 5 fully saturated rings. The average Bonchev–Trinajstić information content (AvgIpc) is 3.27. The van der Waals surface area contributed by atoms with E-state index in [1.165, 1.54) is 69.8 Å². The van der Waals surface area contributed by atoms with Crippen molar-refractivity contribution in [3.05, 3.63) is 11.6 Å². The highest BCUT2D eigenvalue weighted by Crippen LogP contribution is 2.89. The van der Waals surface area contributed by atoms with Crippen molar-refractivity contribution < 1.29 is 5.11 Å². The normalized spacial score (nSPS) is 52.9. The first-order valence-electron chi connectivity index (χ1n) is 13.8. The number of allylic oxidation sites excluding steroid dienone is 2. The Kier molecular flexibility index (Phi) is 4.98. The van der Waals surface area contributed by atoms with Crippen molar-refractivity contribution in [3.8, 4) is 0 Å². The maximum Gasteiger partial charge on any atom is 0.0594 e. The number of aliphatic hydroxyl groups is 1. The Morgan fingerprint density at radius 1 is 0.871 bits per heavy atom. The van der Waals surface area contributed by atoms with Gasteiger partial charge in [0.1, 0.15) is 0 Å². The molecule has 2 spiro atoms. The third kappa shape index (κ3) is 2.71. The van der Waals surface area contributed by atoms with E-state index in [1.807, 2.05) is 0 Å². The van der Waals surface area contributed by atoms with Gasteiger partial charge in [-0.05, 0) is 135 Å². The van der Waals surface area contributed by atoms with Crippen molar-refractivity contribution in [2.75, 3.05) is 0 Å². The molecule has 0 saturated heterocycles. The van der Waals surface area contributed by atoms with Crippen LogP contribution in [0, 0.1) is 50.7 Å². The molecular formula is C30H50O. The molecule has 5 saturated carbocycles. The summed E-state index contributed by atoms with van der Waals surface area (Å²) in [6, 6.07) is 0. The van der Waals surface area contributed by atoms with E-state index in [0.717, 1.165) is 30.1 Å². The summed E-state index contributed by atoms with van der Waals surface area (Å²) in [5.74, 6) is 3.46. The van der Waals surface area contributed by atoms with Gasteiger partial charge in [0.25, 0.3) is 0 Å². The van der Waals surface area contributed by atoms with Crippen LogP contribution in [-0.4, -0.2) is 11.2 Å². The zero-order chi connectivity index (χ0) is 22.4. The molecule has 0 bridgehead atoms. The van der Waals surface area contributed by atoms with Crippen molar-refractivity contribution in [1.82, 2.24) is 0 Å². The minimum atomic E-state index is -0.0840. The second-order valence-corrected chi connectivity index (χ2v) is 14.4. The summed E-state index contributed by atoms with van der Waals surface area (Å²) in [5, 5.41) is 10.8. The van der Waals surface area contributed by atoms with Crippen molar-refractivity contribution in [1.29, 1.82) is 0 Å². The Bertz CT molecular complexity index is 760. The van der Waals surface area contributed by atoms with Crippen molar-refractivity contribution in [3.63, 3.8) is 0 Å². The summed E-state index contributed by atoms with van der Waals surface area (Å²) >= 11 is 0. The molecule has 176 valence electrons. The van der Waals surface area contributed by atoms with E-state index in [4.69, 9.17) is 0 Å². The highest BCUT2D eigenvalue weighted by molar-refractivity contribution is 5.30. The highest BCUT2D eigenvalue weighted by atomic mass is 16.3. The van der Waals surface area contributed by atoms with Crippen LogP contribution < -0.4 is 0 Å². The lowest BCUT2D eigenvalue weighted by molar-refractivity contribution is -0.161. The van der Waals surface area contributed by atoms with Crippen LogP contribution in [0.1, 0.15) is 119 Å². The summed E-state index contributed by atoms with van der Waals surface area (Å²) in [6.07, 6.45) is 17.6. The van der Waals surface area contributed by atoms with Gasteiger partial charge in [-0.2, -0.15) is 0 Å². The second-order valence-electron chi connectivity index (χ2n) is 14.4. The first-order valence-corrected chi connectivity index (χ1v) is 13.8. The summed E-state index contributed by atoms with van der Waals surface area (Å²) in [7, 11) is 0. The van der Waals surface area contributed by atoms with E-state index in [0.29, 0.717) is 21.7 Å². The number of fused-ring (bicyclic) bond motifs is 2. The van der Waals surface area contributed by atoms with Gasteiger partial charge in [0.2, 0.25) is 0 Å². The number of hydrogen-bond donors (Lipinski definition) is 1. The molecule has 1 nitrogen and oxygen atoms in total. The van der Waals surface area contributed by atoms with Gasteiger partial charge in [0.05, 0.1) is 6.10 Å². The first kappa shape index (κ1) is 22.5. The van der Waals surface area contributed by atoms with E-state index >= 15 is 0 Å². The van der Waals surface area contributed by atoms with Gasteiger partial charge in [0.15, 0.2) is 0 Å². The van der Waals surface area contributed by atoms with Crippen LogP contribution in [0.3, 0.4) is 0 Å². The summed E-state index contributed by atoms with van der Waals surface area (Å²) in [4.78, 5) is 0. The van der Waals surface area contributed by atoms with E-state index in [-0.39, 0.29) is 11.5 Å². The Morgan fingerprint density at radius 2 is 1.55 bits per heavy atom. The Balaban J connectivity index is 1.41. The van der Waals surface area contributed by atoms with Crippen LogP contribution >= 0.6 is 0 Å². The lowest BCUT2D eigenvalue weighted by Crippen LogP contribution is -2.57. The van der Waals surface area contributed by atoms with Gasteiger partial charge >= 0.3 is 0 Å². The van der Waals surface area contributed by atoms with Crippen LogP contribution in [0.4, 0.5) is 0 Å². The van der Waals surface area contributed by atoms with Crippen molar-refractivity contribution >= 4 is 0 Å². The van der Waals surface area contributed by atoms with Crippen molar-refractivity contribution in [2.45, 2.75) is 125 Å². The van der Waals surface area contributed by atoms with Gasteiger partial charge in [-0.15, -0.1) is 0 Å². The molecule has 0 aromatic rings. The molecule has 0 amide bonds. The van der Waals surface area contributed by atoms with Crippen LogP contribution in [0.5, 0.6) is 0 Å². The number of rotatable bonds is 4. The lowest BCUT2D eigenvalue weighted by Gasteiger charge is -2.63. The fourth-order valence-corrected chi connectivity index (χ4v) is 11.1. The average molecular weight is 427 g/mol. The predicted molar refractivity (Wildman–Crippen MR) is 131 cm³/mol. The molecule has 0 aliphatic heterocycles. The molecule has 1 heteroatoms. The third-order valence-corrected chi connectivity index (χ3v) is 13.0. The van der Waals surface area contributed by atoms with Crippen LogP contribution in [-0.2, 0) is 0 Å². The largest absolute Gasteiger partial charge is 0.393 e. The van der Waals surface area contributed by atoms with E-state index in [1.54, 1.807) is 0 Å². The maximum absolute atomic E-state index is 10.8. The zero-order valence-corrected chi connectivity index (χ0v) is 21.7. The highest BCUT2D eigenvalue weighted by Gasteiger charge is 2.82. The molecule has 0 unspecified atom stereocenters.